The summed E-state index contributed by atoms with van der Waals surface area (Å²) in [5, 5.41) is 9.35. The molecule has 0 amide bonds. The first-order valence-electron chi connectivity index (χ1n) is 6.88. The molecule has 1 aromatic carbocycles. The van der Waals surface area contributed by atoms with Gasteiger partial charge in [-0.1, -0.05) is 18.9 Å². The average Bonchev–Trinajstić information content (AvgIpc) is 2.46. The molecule has 4 nitrogen and oxygen atoms in total. The molecule has 2 aliphatic rings. The van der Waals surface area contributed by atoms with Gasteiger partial charge in [0, 0.05) is 0 Å². The van der Waals surface area contributed by atoms with Crippen molar-refractivity contribution < 1.29 is 19.4 Å². The van der Waals surface area contributed by atoms with Crippen molar-refractivity contribution in [3.8, 4) is 11.5 Å². The minimum absolute atomic E-state index is 0.0991. The van der Waals surface area contributed by atoms with E-state index >= 15 is 0 Å². The van der Waals surface area contributed by atoms with E-state index in [0.29, 0.717) is 13.2 Å². The first kappa shape index (κ1) is 12.3. The van der Waals surface area contributed by atoms with Gasteiger partial charge in [-0.2, -0.15) is 0 Å². The van der Waals surface area contributed by atoms with Crippen molar-refractivity contribution in [2.75, 3.05) is 13.2 Å². The predicted molar refractivity (Wildman–Crippen MR) is 69.8 cm³/mol. The van der Waals surface area contributed by atoms with Gasteiger partial charge in [-0.15, -0.1) is 0 Å². The monoisotopic (exact) mass is 262 g/mol. The summed E-state index contributed by atoms with van der Waals surface area (Å²) < 4.78 is 11.1. The number of hydrogen-bond donors (Lipinski definition) is 1. The Hall–Kier alpha value is -1.71. The van der Waals surface area contributed by atoms with Crippen LogP contribution in [0.5, 0.6) is 11.5 Å². The molecule has 102 valence electrons. The Morgan fingerprint density at radius 1 is 1.11 bits per heavy atom. The van der Waals surface area contributed by atoms with Crippen LogP contribution in [0, 0.1) is 5.92 Å². The Morgan fingerprint density at radius 2 is 1.84 bits per heavy atom. The van der Waals surface area contributed by atoms with Crippen LogP contribution in [-0.4, -0.2) is 24.3 Å². The molecule has 0 saturated heterocycles. The van der Waals surface area contributed by atoms with Crippen LogP contribution in [0.15, 0.2) is 18.2 Å². The third-order valence-electron chi connectivity index (χ3n) is 4.08. The van der Waals surface area contributed by atoms with E-state index in [-0.39, 0.29) is 11.8 Å². The first-order valence-corrected chi connectivity index (χ1v) is 6.88. The first-order chi connectivity index (χ1) is 9.25. The van der Waals surface area contributed by atoms with Gasteiger partial charge in [0.15, 0.2) is 11.5 Å². The van der Waals surface area contributed by atoms with Gasteiger partial charge in [0.2, 0.25) is 0 Å². The Labute approximate surface area is 112 Å². The number of carboxylic acid groups (broad SMARTS) is 1. The summed E-state index contributed by atoms with van der Waals surface area (Å²) in [5.41, 5.74) is 1.07. The molecule has 1 heterocycles. The van der Waals surface area contributed by atoms with Crippen molar-refractivity contribution in [3.63, 3.8) is 0 Å². The molecule has 1 aliphatic heterocycles. The summed E-state index contributed by atoms with van der Waals surface area (Å²) in [5.74, 6) is 0.661. The van der Waals surface area contributed by atoms with E-state index in [4.69, 9.17) is 9.47 Å². The van der Waals surface area contributed by atoms with E-state index in [1.54, 1.807) is 0 Å². The van der Waals surface area contributed by atoms with E-state index in [9.17, 15) is 9.90 Å². The number of benzene rings is 1. The third kappa shape index (κ3) is 2.39. The fourth-order valence-electron chi connectivity index (χ4n) is 3.12. The van der Waals surface area contributed by atoms with Crippen molar-refractivity contribution >= 4 is 5.97 Å². The molecule has 0 aromatic heterocycles. The minimum atomic E-state index is -0.681. The van der Waals surface area contributed by atoms with E-state index in [1.165, 1.54) is 0 Å². The standard InChI is InChI=1S/C15H18O4/c16-15(17)12-4-2-1-3-11(12)10-5-6-13-14(9-10)19-8-7-18-13/h5-6,9,11-12H,1-4,7-8H2,(H,16,17). The summed E-state index contributed by atoms with van der Waals surface area (Å²) in [6.07, 6.45) is 3.83. The van der Waals surface area contributed by atoms with Crippen molar-refractivity contribution in [3.05, 3.63) is 23.8 Å². The van der Waals surface area contributed by atoms with Crippen LogP contribution in [-0.2, 0) is 4.79 Å². The van der Waals surface area contributed by atoms with E-state index in [1.807, 2.05) is 18.2 Å². The Bertz CT molecular complexity index is 483. The van der Waals surface area contributed by atoms with Crippen molar-refractivity contribution in [1.82, 2.24) is 0 Å². The summed E-state index contributed by atoms with van der Waals surface area (Å²) in [6.45, 7) is 1.14. The number of ether oxygens (including phenoxy) is 2. The molecule has 0 spiro atoms. The van der Waals surface area contributed by atoms with Gasteiger partial charge in [-0.05, 0) is 36.5 Å². The number of hydrogen-bond acceptors (Lipinski definition) is 3. The zero-order valence-electron chi connectivity index (χ0n) is 10.8. The van der Waals surface area contributed by atoms with Crippen LogP contribution >= 0.6 is 0 Å². The number of aliphatic carboxylic acids is 1. The quantitative estimate of drug-likeness (QED) is 0.890. The molecule has 0 radical (unpaired) electrons. The predicted octanol–water partition coefficient (Wildman–Crippen LogP) is 2.82. The van der Waals surface area contributed by atoms with Crippen LogP contribution in [0.2, 0.25) is 0 Å². The molecule has 2 unspecified atom stereocenters. The van der Waals surface area contributed by atoms with E-state index < -0.39 is 5.97 Å². The second kappa shape index (κ2) is 5.11. The highest BCUT2D eigenvalue weighted by Gasteiger charge is 2.32. The summed E-state index contributed by atoms with van der Waals surface area (Å²) in [6, 6.07) is 5.84. The number of carboxylic acids is 1. The number of carbonyl (C=O) groups is 1. The molecular weight excluding hydrogens is 244 g/mol. The highest BCUT2D eigenvalue weighted by atomic mass is 16.6. The summed E-state index contributed by atoms with van der Waals surface area (Å²) in [4.78, 5) is 11.4. The lowest BCUT2D eigenvalue weighted by Gasteiger charge is -2.29. The minimum Gasteiger partial charge on any atom is -0.486 e. The number of rotatable bonds is 2. The molecular formula is C15H18O4. The topological polar surface area (TPSA) is 55.8 Å². The highest BCUT2D eigenvalue weighted by Crippen LogP contribution is 2.41. The highest BCUT2D eigenvalue weighted by molar-refractivity contribution is 5.71. The molecule has 1 saturated carbocycles. The largest absolute Gasteiger partial charge is 0.486 e. The lowest BCUT2D eigenvalue weighted by molar-refractivity contribution is -0.143. The van der Waals surface area contributed by atoms with Crippen LogP contribution < -0.4 is 9.47 Å². The number of fused-ring (bicyclic) bond motifs is 1. The van der Waals surface area contributed by atoms with Gasteiger partial charge in [0.1, 0.15) is 13.2 Å². The van der Waals surface area contributed by atoms with Gasteiger partial charge >= 0.3 is 5.97 Å². The normalized spacial score (nSPS) is 25.9. The van der Waals surface area contributed by atoms with Crippen LogP contribution in [0.1, 0.15) is 37.2 Å². The van der Waals surface area contributed by atoms with Crippen molar-refractivity contribution in [2.24, 2.45) is 5.92 Å². The van der Waals surface area contributed by atoms with Gasteiger partial charge in [-0.25, -0.2) is 0 Å². The van der Waals surface area contributed by atoms with E-state index in [0.717, 1.165) is 42.7 Å². The lowest BCUT2D eigenvalue weighted by Crippen LogP contribution is -2.25. The van der Waals surface area contributed by atoms with Crippen LogP contribution in [0.25, 0.3) is 0 Å². The SMILES string of the molecule is O=C(O)C1CCCCC1c1ccc2c(c1)OCCO2. The maximum Gasteiger partial charge on any atom is 0.307 e. The molecule has 2 atom stereocenters. The fourth-order valence-corrected chi connectivity index (χ4v) is 3.12. The molecule has 0 bridgehead atoms. The van der Waals surface area contributed by atoms with Gasteiger partial charge in [0.05, 0.1) is 5.92 Å². The van der Waals surface area contributed by atoms with Crippen molar-refractivity contribution in [2.45, 2.75) is 31.6 Å². The molecule has 3 rings (SSSR count). The fraction of sp³-hybridized carbons (Fsp3) is 0.533. The van der Waals surface area contributed by atoms with E-state index in [2.05, 4.69) is 0 Å². The third-order valence-corrected chi connectivity index (χ3v) is 4.08. The van der Waals surface area contributed by atoms with Crippen LogP contribution in [0.3, 0.4) is 0 Å². The zero-order chi connectivity index (χ0) is 13.2. The zero-order valence-corrected chi connectivity index (χ0v) is 10.8. The summed E-state index contributed by atoms with van der Waals surface area (Å²) >= 11 is 0. The maximum atomic E-state index is 11.4. The molecule has 1 N–H and O–H groups in total. The van der Waals surface area contributed by atoms with Crippen molar-refractivity contribution in [1.29, 1.82) is 0 Å². The second-order valence-corrected chi connectivity index (χ2v) is 5.24. The van der Waals surface area contributed by atoms with Crippen LogP contribution in [0.4, 0.5) is 0 Å². The van der Waals surface area contributed by atoms with Gasteiger partial charge in [-0.3, -0.25) is 4.79 Å². The van der Waals surface area contributed by atoms with Gasteiger partial charge < -0.3 is 14.6 Å². The average molecular weight is 262 g/mol. The lowest BCUT2D eigenvalue weighted by atomic mass is 9.75. The Morgan fingerprint density at radius 3 is 2.63 bits per heavy atom. The maximum absolute atomic E-state index is 11.4. The molecule has 1 aliphatic carbocycles. The Kier molecular flexibility index (Phi) is 3.32. The molecule has 19 heavy (non-hydrogen) atoms. The molecule has 1 fully saturated rings. The smallest absolute Gasteiger partial charge is 0.307 e. The molecule has 1 aromatic rings. The summed E-state index contributed by atoms with van der Waals surface area (Å²) in [7, 11) is 0. The Balaban J connectivity index is 1.89. The van der Waals surface area contributed by atoms with Gasteiger partial charge in [0.25, 0.3) is 0 Å². The molecule has 4 heteroatoms. The second-order valence-electron chi connectivity index (χ2n) is 5.24.